The Labute approximate surface area is 127 Å². The van der Waals surface area contributed by atoms with E-state index in [2.05, 4.69) is 5.43 Å². The first-order chi connectivity index (χ1) is 9.34. The summed E-state index contributed by atoms with van der Waals surface area (Å²) in [5.41, 5.74) is 2.17. The molecule has 2 aromatic carbocycles. The number of rotatable bonds is 2. The van der Waals surface area contributed by atoms with E-state index in [0.29, 0.717) is 5.02 Å². The molecular formula is C12H12Cl2N2O3S. The summed E-state index contributed by atoms with van der Waals surface area (Å²) in [6.45, 7) is 0. The van der Waals surface area contributed by atoms with Crippen LogP contribution in [0.4, 0.5) is 5.69 Å². The van der Waals surface area contributed by atoms with Gasteiger partial charge in [0, 0.05) is 10.0 Å². The third-order valence-electron chi connectivity index (χ3n) is 2.11. The van der Waals surface area contributed by atoms with E-state index in [4.69, 9.17) is 33.6 Å². The smallest absolute Gasteiger partial charge is 0.296 e. The van der Waals surface area contributed by atoms with Crippen LogP contribution in [0.25, 0.3) is 0 Å². The van der Waals surface area contributed by atoms with E-state index in [0.717, 1.165) is 11.1 Å². The van der Waals surface area contributed by atoms with Crippen molar-refractivity contribution in [3.8, 4) is 0 Å². The fraction of sp³-hybridized carbons (Fsp3) is 0. The van der Waals surface area contributed by atoms with Gasteiger partial charge in [0.2, 0.25) is 0 Å². The molecule has 0 heterocycles. The summed E-state index contributed by atoms with van der Waals surface area (Å²) < 4.78 is 30.2. The number of benzene rings is 2. The molecule has 0 aromatic heterocycles. The standard InChI is InChI=1S/C6H7ClN2O3S.C6H5Cl/c7-4-1-2-6(13(10,11)12)5(3-4)9-8;7-6-4-2-1-3-5-6/h1-3,9H,8H2,(H,10,11,12);1-5H. The Kier molecular flexibility index (Phi) is 6.25. The molecule has 0 saturated heterocycles. The van der Waals surface area contributed by atoms with Crippen molar-refractivity contribution < 1.29 is 13.0 Å². The maximum Gasteiger partial charge on any atom is 0.296 e. The number of nitrogen functional groups attached to an aromatic ring is 1. The molecule has 0 fully saturated rings. The fourth-order valence-electron chi connectivity index (χ4n) is 1.25. The monoisotopic (exact) mass is 334 g/mol. The second-order valence-corrected chi connectivity index (χ2v) is 5.82. The highest BCUT2D eigenvalue weighted by atomic mass is 35.5. The first kappa shape index (κ1) is 16.7. The van der Waals surface area contributed by atoms with E-state index in [1.54, 1.807) is 0 Å². The predicted octanol–water partition coefficient (Wildman–Crippen LogP) is 3.21. The number of hydrogen-bond donors (Lipinski definition) is 3. The van der Waals surface area contributed by atoms with Crippen LogP contribution in [0, 0.1) is 0 Å². The van der Waals surface area contributed by atoms with Crippen LogP contribution >= 0.6 is 23.2 Å². The summed E-state index contributed by atoms with van der Waals surface area (Å²) >= 11 is 11.1. The lowest BCUT2D eigenvalue weighted by Gasteiger charge is -2.05. The Morgan fingerprint density at radius 2 is 1.60 bits per heavy atom. The second-order valence-electron chi connectivity index (χ2n) is 3.56. The van der Waals surface area contributed by atoms with Gasteiger partial charge in [0.15, 0.2) is 0 Å². The molecule has 0 aliphatic rings. The quantitative estimate of drug-likeness (QED) is 0.445. The predicted molar refractivity (Wildman–Crippen MR) is 80.5 cm³/mol. The molecule has 2 aromatic rings. The zero-order chi connectivity index (χ0) is 15.2. The van der Waals surface area contributed by atoms with Crippen LogP contribution in [0.5, 0.6) is 0 Å². The molecule has 4 N–H and O–H groups in total. The first-order valence-corrected chi connectivity index (χ1v) is 7.48. The van der Waals surface area contributed by atoms with Gasteiger partial charge in [-0.1, -0.05) is 41.4 Å². The van der Waals surface area contributed by atoms with E-state index in [1.807, 2.05) is 30.3 Å². The van der Waals surface area contributed by atoms with Gasteiger partial charge in [-0.25, -0.2) is 0 Å². The summed E-state index contributed by atoms with van der Waals surface area (Å²) in [6.07, 6.45) is 0. The normalized spacial score (nSPS) is 10.4. The Morgan fingerprint density at radius 3 is 2.00 bits per heavy atom. The molecule has 5 nitrogen and oxygen atoms in total. The molecule has 0 spiro atoms. The van der Waals surface area contributed by atoms with Crippen LogP contribution < -0.4 is 11.3 Å². The minimum atomic E-state index is -4.26. The van der Waals surface area contributed by atoms with Crippen LogP contribution in [-0.2, 0) is 10.1 Å². The summed E-state index contributed by atoms with van der Waals surface area (Å²) in [5.74, 6) is 5.03. The molecule has 0 aliphatic carbocycles. The maximum atomic E-state index is 10.7. The van der Waals surface area contributed by atoms with Crippen molar-refractivity contribution in [2.24, 2.45) is 5.84 Å². The Bertz CT molecular complexity index is 664. The van der Waals surface area contributed by atoms with Gasteiger partial charge in [-0.05, 0) is 30.3 Å². The highest BCUT2D eigenvalue weighted by Crippen LogP contribution is 2.23. The Hall–Kier alpha value is -1.31. The van der Waals surface area contributed by atoms with E-state index in [9.17, 15) is 8.42 Å². The lowest BCUT2D eigenvalue weighted by Crippen LogP contribution is -2.11. The number of nitrogens with two attached hydrogens (primary N) is 1. The third kappa shape index (κ3) is 5.36. The molecule has 0 amide bonds. The fourth-order valence-corrected chi connectivity index (χ4v) is 2.21. The maximum absolute atomic E-state index is 10.7. The molecule has 108 valence electrons. The van der Waals surface area contributed by atoms with Crippen LogP contribution in [0.2, 0.25) is 10.0 Å². The minimum absolute atomic E-state index is 0.0509. The molecule has 0 saturated carbocycles. The molecule has 0 unspecified atom stereocenters. The van der Waals surface area contributed by atoms with Crippen molar-refractivity contribution in [2.75, 3.05) is 5.43 Å². The van der Waals surface area contributed by atoms with Gasteiger partial charge in [0.25, 0.3) is 10.1 Å². The number of nitrogens with one attached hydrogen (secondary N) is 1. The van der Waals surface area contributed by atoms with Crippen molar-refractivity contribution >= 4 is 39.0 Å². The number of halogens is 2. The second kappa shape index (κ2) is 7.47. The molecule has 8 heteroatoms. The topological polar surface area (TPSA) is 92.4 Å². The van der Waals surface area contributed by atoms with Crippen molar-refractivity contribution in [1.82, 2.24) is 0 Å². The van der Waals surface area contributed by atoms with Crippen LogP contribution in [-0.4, -0.2) is 13.0 Å². The lowest BCUT2D eigenvalue weighted by molar-refractivity contribution is 0.483. The summed E-state index contributed by atoms with van der Waals surface area (Å²) in [6, 6.07) is 13.2. The molecule has 20 heavy (non-hydrogen) atoms. The van der Waals surface area contributed by atoms with E-state index < -0.39 is 10.1 Å². The average Bonchev–Trinajstić information content (AvgIpc) is 2.38. The summed E-state index contributed by atoms with van der Waals surface area (Å²) in [4.78, 5) is -0.306. The number of anilines is 1. The molecule has 0 bridgehead atoms. The van der Waals surface area contributed by atoms with E-state index >= 15 is 0 Å². The van der Waals surface area contributed by atoms with Gasteiger partial charge in [0.1, 0.15) is 4.90 Å². The van der Waals surface area contributed by atoms with Gasteiger partial charge in [0.05, 0.1) is 5.69 Å². The zero-order valence-corrected chi connectivity index (χ0v) is 12.5. The van der Waals surface area contributed by atoms with Crippen molar-refractivity contribution in [3.63, 3.8) is 0 Å². The van der Waals surface area contributed by atoms with Crippen LogP contribution in [0.15, 0.2) is 53.4 Å². The lowest BCUT2D eigenvalue weighted by atomic mass is 10.3. The molecule has 0 radical (unpaired) electrons. The van der Waals surface area contributed by atoms with E-state index in [-0.39, 0.29) is 10.6 Å². The molecule has 0 aliphatic heterocycles. The van der Waals surface area contributed by atoms with Crippen molar-refractivity contribution in [3.05, 3.63) is 58.6 Å². The average molecular weight is 335 g/mol. The van der Waals surface area contributed by atoms with Gasteiger partial charge in [-0.3, -0.25) is 10.4 Å². The minimum Gasteiger partial charge on any atom is -0.323 e. The summed E-state index contributed by atoms with van der Waals surface area (Å²) in [5, 5.41) is 1.11. The first-order valence-electron chi connectivity index (χ1n) is 5.29. The molecular weight excluding hydrogens is 323 g/mol. The zero-order valence-electron chi connectivity index (χ0n) is 10.1. The van der Waals surface area contributed by atoms with Crippen molar-refractivity contribution in [2.45, 2.75) is 4.90 Å². The highest BCUT2D eigenvalue weighted by Gasteiger charge is 2.14. The summed E-state index contributed by atoms with van der Waals surface area (Å²) in [7, 11) is -4.26. The number of hydrogen-bond acceptors (Lipinski definition) is 4. The SMILES string of the molecule is Clc1ccccc1.NNc1cc(Cl)ccc1S(=O)(=O)O. The third-order valence-corrected chi connectivity index (χ3v) is 3.51. The van der Waals surface area contributed by atoms with Gasteiger partial charge in [-0.15, -0.1) is 0 Å². The highest BCUT2D eigenvalue weighted by molar-refractivity contribution is 7.86. The number of hydrazine groups is 1. The van der Waals surface area contributed by atoms with Gasteiger partial charge >= 0.3 is 0 Å². The van der Waals surface area contributed by atoms with Crippen LogP contribution in [0.3, 0.4) is 0 Å². The molecule has 0 atom stereocenters. The van der Waals surface area contributed by atoms with Gasteiger partial charge < -0.3 is 5.43 Å². The van der Waals surface area contributed by atoms with Crippen LogP contribution in [0.1, 0.15) is 0 Å². The van der Waals surface area contributed by atoms with Crippen molar-refractivity contribution in [1.29, 1.82) is 0 Å². The Balaban J connectivity index is 0.000000240. The van der Waals surface area contributed by atoms with E-state index in [1.165, 1.54) is 12.1 Å². The van der Waals surface area contributed by atoms with Gasteiger partial charge in [-0.2, -0.15) is 8.42 Å². The largest absolute Gasteiger partial charge is 0.323 e. The molecule has 2 rings (SSSR count). The Morgan fingerprint density at radius 1 is 1.00 bits per heavy atom.